The van der Waals surface area contributed by atoms with E-state index in [-0.39, 0.29) is 15.8 Å². The number of anilines is 2. The van der Waals surface area contributed by atoms with Crippen LogP contribution in [0.15, 0.2) is 36.4 Å². The van der Waals surface area contributed by atoms with Crippen molar-refractivity contribution in [3.05, 3.63) is 51.5 Å². The van der Waals surface area contributed by atoms with Crippen LogP contribution in [0.5, 0.6) is 5.75 Å². The van der Waals surface area contributed by atoms with Crippen molar-refractivity contribution in [1.29, 1.82) is 0 Å². The Bertz CT molecular complexity index is 639. The minimum absolute atomic E-state index is 0.0514. The van der Waals surface area contributed by atoms with Gasteiger partial charge >= 0.3 is 6.03 Å². The summed E-state index contributed by atoms with van der Waals surface area (Å²) in [6.07, 6.45) is 0. The molecule has 3 N–H and O–H groups in total. The van der Waals surface area contributed by atoms with E-state index in [4.69, 9.17) is 34.8 Å². The van der Waals surface area contributed by atoms with Crippen LogP contribution in [0.3, 0.4) is 0 Å². The number of hydrogen-bond acceptors (Lipinski definition) is 2. The van der Waals surface area contributed by atoms with Gasteiger partial charge in [0.25, 0.3) is 0 Å². The van der Waals surface area contributed by atoms with Gasteiger partial charge in [-0.1, -0.05) is 40.9 Å². The van der Waals surface area contributed by atoms with E-state index in [2.05, 4.69) is 10.6 Å². The summed E-state index contributed by atoms with van der Waals surface area (Å²) in [4.78, 5) is 11.8. The van der Waals surface area contributed by atoms with E-state index in [0.717, 1.165) is 0 Å². The van der Waals surface area contributed by atoms with Crippen LogP contribution >= 0.6 is 34.8 Å². The largest absolute Gasteiger partial charge is 0.505 e. The Balaban J connectivity index is 2.09. The molecule has 0 bridgehead atoms. The van der Waals surface area contributed by atoms with Crippen LogP contribution in [0.1, 0.15) is 0 Å². The van der Waals surface area contributed by atoms with E-state index in [1.54, 1.807) is 24.3 Å². The lowest BCUT2D eigenvalue weighted by Crippen LogP contribution is -2.19. The molecule has 0 heterocycles. The van der Waals surface area contributed by atoms with Gasteiger partial charge in [-0.25, -0.2) is 4.79 Å². The van der Waals surface area contributed by atoms with Crippen LogP contribution in [-0.4, -0.2) is 11.1 Å². The van der Waals surface area contributed by atoms with Crippen LogP contribution in [0.4, 0.5) is 16.2 Å². The molecule has 4 nitrogen and oxygen atoms in total. The second kappa shape index (κ2) is 6.22. The number of rotatable bonds is 2. The van der Waals surface area contributed by atoms with Crippen LogP contribution in [-0.2, 0) is 0 Å². The van der Waals surface area contributed by atoms with Crippen molar-refractivity contribution >= 4 is 52.2 Å². The number of aromatic hydroxyl groups is 1. The zero-order valence-corrected chi connectivity index (χ0v) is 12.2. The first-order valence-corrected chi connectivity index (χ1v) is 6.60. The summed E-state index contributed by atoms with van der Waals surface area (Å²) >= 11 is 17.3. The van der Waals surface area contributed by atoms with Gasteiger partial charge < -0.3 is 15.7 Å². The lowest BCUT2D eigenvalue weighted by atomic mass is 10.3. The van der Waals surface area contributed by atoms with Gasteiger partial charge in [0.05, 0.1) is 10.0 Å². The first-order chi connectivity index (χ1) is 9.45. The predicted molar refractivity (Wildman–Crippen MR) is 82.2 cm³/mol. The van der Waals surface area contributed by atoms with Crippen LogP contribution in [0.25, 0.3) is 0 Å². The molecule has 0 saturated carbocycles. The number of hydrogen-bond donors (Lipinski definition) is 3. The summed E-state index contributed by atoms with van der Waals surface area (Å²) in [5, 5.41) is 15.2. The van der Waals surface area contributed by atoms with Crippen molar-refractivity contribution in [2.75, 3.05) is 10.6 Å². The third kappa shape index (κ3) is 3.70. The molecule has 7 heteroatoms. The van der Waals surface area contributed by atoms with Gasteiger partial charge in [-0.3, -0.25) is 0 Å². The molecule has 2 rings (SSSR count). The molecule has 0 radical (unpaired) electrons. The third-order valence-electron chi connectivity index (χ3n) is 2.36. The third-order valence-corrected chi connectivity index (χ3v) is 3.17. The molecule has 0 aliphatic rings. The quantitative estimate of drug-likeness (QED) is 0.678. The molecule has 0 aromatic heterocycles. The first-order valence-electron chi connectivity index (χ1n) is 5.47. The zero-order valence-electron chi connectivity index (χ0n) is 9.95. The average molecular weight is 332 g/mol. The van der Waals surface area contributed by atoms with Gasteiger partial charge in [-0.2, -0.15) is 0 Å². The van der Waals surface area contributed by atoms with Crippen molar-refractivity contribution < 1.29 is 9.90 Å². The highest BCUT2D eigenvalue weighted by Gasteiger charge is 2.09. The summed E-state index contributed by atoms with van der Waals surface area (Å²) < 4.78 is 0. The Morgan fingerprint density at radius 2 is 1.55 bits per heavy atom. The van der Waals surface area contributed by atoms with Gasteiger partial charge in [0.15, 0.2) is 5.75 Å². The summed E-state index contributed by atoms with van der Waals surface area (Å²) in [6, 6.07) is 9.02. The molecule has 0 fully saturated rings. The van der Waals surface area contributed by atoms with Crippen LogP contribution in [0, 0.1) is 0 Å². The molecule has 0 aliphatic carbocycles. The van der Waals surface area contributed by atoms with Gasteiger partial charge in [0.2, 0.25) is 0 Å². The molecule has 0 unspecified atom stereocenters. The van der Waals surface area contributed by atoms with E-state index in [0.29, 0.717) is 16.4 Å². The molecule has 0 spiro atoms. The molecule has 0 saturated heterocycles. The van der Waals surface area contributed by atoms with E-state index in [9.17, 15) is 9.90 Å². The standard InChI is InChI=1S/C13H9Cl3N2O2/c14-7-2-1-3-8(4-7)17-13(20)18-9-5-10(15)12(19)11(16)6-9/h1-6,19H,(H2,17,18,20). The number of carbonyl (C=O) groups excluding carboxylic acids is 1. The maximum Gasteiger partial charge on any atom is 0.323 e. The summed E-state index contributed by atoms with van der Waals surface area (Å²) in [5.74, 6) is -0.228. The van der Waals surface area contributed by atoms with Crippen molar-refractivity contribution in [3.63, 3.8) is 0 Å². The molecular weight excluding hydrogens is 323 g/mol. The molecule has 2 aromatic carbocycles. The van der Waals surface area contributed by atoms with Crippen LogP contribution < -0.4 is 10.6 Å². The summed E-state index contributed by atoms with van der Waals surface area (Å²) in [7, 11) is 0. The molecule has 2 aromatic rings. The fourth-order valence-electron chi connectivity index (χ4n) is 1.50. The number of urea groups is 1. The average Bonchev–Trinajstić information content (AvgIpc) is 2.35. The number of phenols is 1. The zero-order chi connectivity index (χ0) is 14.7. The molecule has 2 amide bonds. The Labute approximate surface area is 130 Å². The van der Waals surface area contributed by atoms with Crippen molar-refractivity contribution in [3.8, 4) is 5.75 Å². The van der Waals surface area contributed by atoms with E-state index in [1.807, 2.05) is 0 Å². The molecular formula is C13H9Cl3N2O2. The Morgan fingerprint density at radius 1 is 0.950 bits per heavy atom. The molecule has 0 aliphatic heterocycles. The minimum Gasteiger partial charge on any atom is -0.505 e. The van der Waals surface area contributed by atoms with Gasteiger partial charge in [-0.15, -0.1) is 0 Å². The highest BCUT2D eigenvalue weighted by atomic mass is 35.5. The second-order valence-electron chi connectivity index (χ2n) is 3.88. The Kier molecular flexibility index (Phi) is 4.60. The Morgan fingerprint density at radius 3 is 2.15 bits per heavy atom. The van der Waals surface area contributed by atoms with Gasteiger partial charge in [0.1, 0.15) is 0 Å². The maximum atomic E-state index is 11.8. The van der Waals surface area contributed by atoms with Crippen molar-refractivity contribution in [2.45, 2.75) is 0 Å². The fraction of sp³-hybridized carbons (Fsp3) is 0. The second-order valence-corrected chi connectivity index (χ2v) is 5.13. The number of halogens is 3. The molecule has 0 atom stereocenters. The summed E-state index contributed by atoms with van der Waals surface area (Å²) in [6.45, 7) is 0. The number of phenolic OH excluding ortho intramolecular Hbond substituents is 1. The van der Waals surface area contributed by atoms with E-state index in [1.165, 1.54) is 12.1 Å². The smallest absolute Gasteiger partial charge is 0.323 e. The van der Waals surface area contributed by atoms with Crippen molar-refractivity contribution in [1.82, 2.24) is 0 Å². The maximum absolute atomic E-state index is 11.8. The molecule has 20 heavy (non-hydrogen) atoms. The fourth-order valence-corrected chi connectivity index (χ4v) is 2.17. The predicted octanol–water partition coefficient (Wildman–Crippen LogP) is 5.00. The monoisotopic (exact) mass is 330 g/mol. The summed E-state index contributed by atoms with van der Waals surface area (Å²) in [5.41, 5.74) is 0.906. The minimum atomic E-state index is -0.481. The molecule has 104 valence electrons. The number of amides is 2. The highest BCUT2D eigenvalue weighted by Crippen LogP contribution is 2.34. The lowest BCUT2D eigenvalue weighted by Gasteiger charge is -2.09. The van der Waals surface area contributed by atoms with Crippen molar-refractivity contribution in [2.24, 2.45) is 0 Å². The van der Waals surface area contributed by atoms with E-state index < -0.39 is 6.03 Å². The lowest BCUT2D eigenvalue weighted by molar-refractivity contribution is 0.262. The topological polar surface area (TPSA) is 61.4 Å². The van der Waals surface area contributed by atoms with Crippen LogP contribution in [0.2, 0.25) is 15.1 Å². The number of carbonyl (C=O) groups is 1. The number of nitrogens with one attached hydrogen (secondary N) is 2. The highest BCUT2D eigenvalue weighted by molar-refractivity contribution is 6.37. The first kappa shape index (κ1) is 14.8. The Hall–Kier alpha value is -1.62. The van der Waals surface area contributed by atoms with Gasteiger partial charge in [0, 0.05) is 16.4 Å². The van der Waals surface area contributed by atoms with E-state index >= 15 is 0 Å². The van der Waals surface area contributed by atoms with Gasteiger partial charge in [-0.05, 0) is 30.3 Å². The normalized spacial score (nSPS) is 10.2. The number of benzene rings is 2. The SMILES string of the molecule is O=C(Nc1cccc(Cl)c1)Nc1cc(Cl)c(O)c(Cl)c1.